The number of nitrogens with one attached hydrogen (secondary N) is 1. The molecule has 5 heteroatoms. The minimum Gasteiger partial charge on any atom is -0.369 e. The molecule has 0 unspecified atom stereocenters. The van der Waals surface area contributed by atoms with E-state index in [1.807, 2.05) is 0 Å². The summed E-state index contributed by atoms with van der Waals surface area (Å²) in [6, 6.07) is 14.9. The third-order valence-corrected chi connectivity index (χ3v) is 7.33. The maximum Gasteiger partial charge on any atom is 0.239 e. The summed E-state index contributed by atoms with van der Waals surface area (Å²) in [7, 11) is 0. The molecule has 0 aliphatic carbocycles. The van der Waals surface area contributed by atoms with Crippen LogP contribution in [0.4, 0.5) is 5.69 Å². The van der Waals surface area contributed by atoms with Gasteiger partial charge in [-0.1, -0.05) is 30.3 Å². The van der Waals surface area contributed by atoms with Crippen molar-refractivity contribution in [1.29, 1.82) is 0 Å². The number of carbonyl (C=O) groups excluding carboxylic acids is 1. The van der Waals surface area contributed by atoms with E-state index < -0.39 is 0 Å². The molecule has 3 heterocycles. The van der Waals surface area contributed by atoms with Crippen molar-refractivity contribution in [3.8, 4) is 0 Å². The first-order valence-electron chi connectivity index (χ1n) is 11.5. The summed E-state index contributed by atoms with van der Waals surface area (Å²) in [6.07, 6.45) is 0.906. The fraction of sp³-hybridized carbons (Fsp3) is 0.423. The number of nitrogens with zero attached hydrogens (tertiary/aromatic N) is 3. The number of piperazine rings is 1. The zero-order valence-corrected chi connectivity index (χ0v) is 18.8. The van der Waals surface area contributed by atoms with Crippen LogP contribution in [-0.2, 0) is 17.8 Å². The van der Waals surface area contributed by atoms with E-state index in [1.54, 1.807) is 0 Å². The number of amides is 1. The highest BCUT2D eigenvalue weighted by atomic mass is 16.2. The number of aryl methyl sites for hydroxylation is 1. The fourth-order valence-corrected chi connectivity index (χ4v) is 5.20. The average molecular weight is 417 g/mol. The lowest BCUT2D eigenvalue weighted by Crippen LogP contribution is -2.55. The lowest BCUT2D eigenvalue weighted by atomic mass is 10.0. The van der Waals surface area contributed by atoms with Gasteiger partial charge in [0.2, 0.25) is 5.91 Å². The van der Waals surface area contributed by atoms with Crippen molar-refractivity contribution < 1.29 is 4.79 Å². The van der Waals surface area contributed by atoms with Crippen LogP contribution in [0.3, 0.4) is 0 Å². The number of para-hydroxylation sites is 1. The predicted octanol–water partition coefficient (Wildman–Crippen LogP) is 3.88. The van der Waals surface area contributed by atoms with Gasteiger partial charge in [0.1, 0.15) is 0 Å². The first-order valence-corrected chi connectivity index (χ1v) is 11.5. The van der Waals surface area contributed by atoms with Gasteiger partial charge in [0.15, 0.2) is 0 Å². The Kier molecular flexibility index (Phi) is 5.22. The number of aromatic nitrogens is 1. The van der Waals surface area contributed by atoms with Crippen molar-refractivity contribution in [3.63, 3.8) is 0 Å². The van der Waals surface area contributed by atoms with Crippen LogP contribution >= 0.6 is 0 Å². The smallest absolute Gasteiger partial charge is 0.239 e. The van der Waals surface area contributed by atoms with E-state index >= 15 is 0 Å². The van der Waals surface area contributed by atoms with Crippen molar-refractivity contribution in [1.82, 2.24) is 14.8 Å². The van der Waals surface area contributed by atoms with E-state index in [1.165, 1.54) is 39.0 Å². The van der Waals surface area contributed by atoms with Crippen LogP contribution in [0.2, 0.25) is 0 Å². The molecule has 2 aliphatic heterocycles. The van der Waals surface area contributed by atoms with Crippen LogP contribution in [0.25, 0.3) is 10.9 Å². The zero-order chi connectivity index (χ0) is 21.5. The van der Waals surface area contributed by atoms with E-state index in [0.29, 0.717) is 6.54 Å². The van der Waals surface area contributed by atoms with E-state index in [2.05, 4.69) is 82.9 Å². The first kappa shape index (κ1) is 20.1. The summed E-state index contributed by atoms with van der Waals surface area (Å²) in [4.78, 5) is 23.8. The number of fused-ring (bicyclic) bond motifs is 3. The molecule has 1 amide bonds. The van der Waals surface area contributed by atoms with Gasteiger partial charge in [-0.25, -0.2) is 0 Å². The molecule has 3 aromatic rings. The van der Waals surface area contributed by atoms with Gasteiger partial charge < -0.3 is 14.8 Å². The number of benzene rings is 2. The molecular weight excluding hydrogens is 384 g/mol. The Morgan fingerprint density at radius 2 is 1.74 bits per heavy atom. The Morgan fingerprint density at radius 3 is 2.55 bits per heavy atom. The number of hydrogen-bond acceptors (Lipinski definition) is 3. The predicted molar refractivity (Wildman–Crippen MR) is 127 cm³/mol. The van der Waals surface area contributed by atoms with Crippen LogP contribution < -0.4 is 4.90 Å². The molecule has 1 fully saturated rings. The molecule has 2 aromatic carbocycles. The van der Waals surface area contributed by atoms with E-state index in [4.69, 9.17) is 0 Å². The highest BCUT2D eigenvalue weighted by Crippen LogP contribution is 2.29. The highest BCUT2D eigenvalue weighted by Gasteiger charge is 2.31. The summed E-state index contributed by atoms with van der Waals surface area (Å²) in [5, 5.41) is 1.25. The van der Waals surface area contributed by atoms with Gasteiger partial charge in [0, 0.05) is 73.5 Å². The Morgan fingerprint density at radius 1 is 0.968 bits per heavy atom. The lowest BCUT2D eigenvalue weighted by Gasteiger charge is -2.41. The number of aromatic amines is 1. The molecule has 2 aliphatic rings. The summed E-state index contributed by atoms with van der Waals surface area (Å²) < 4.78 is 0. The molecule has 5 rings (SSSR count). The molecule has 1 aromatic heterocycles. The van der Waals surface area contributed by atoms with Crippen LogP contribution in [0.5, 0.6) is 0 Å². The molecule has 1 N–H and O–H groups in total. The Labute approximate surface area is 184 Å². The summed E-state index contributed by atoms with van der Waals surface area (Å²) in [6.45, 7) is 11.8. The quantitative estimate of drug-likeness (QED) is 0.705. The van der Waals surface area contributed by atoms with Crippen LogP contribution in [0.15, 0.2) is 42.5 Å². The first-order chi connectivity index (χ1) is 15.0. The molecule has 162 valence electrons. The third kappa shape index (κ3) is 3.61. The van der Waals surface area contributed by atoms with E-state index in [9.17, 15) is 4.79 Å². The second-order valence-corrected chi connectivity index (χ2v) is 9.06. The largest absolute Gasteiger partial charge is 0.369 e. The van der Waals surface area contributed by atoms with Gasteiger partial charge in [-0.2, -0.15) is 0 Å². The Bertz CT molecular complexity index is 1110. The Balaban J connectivity index is 1.24. The van der Waals surface area contributed by atoms with Crippen molar-refractivity contribution in [2.24, 2.45) is 0 Å². The minimum atomic E-state index is -0.0764. The second kappa shape index (κ2) is 8.04. The normalized spacial score (nSPS) is 18.3. The number of H-pyrrole nitrogens is 1. The molecular formula is C26H32N4O. The monoisotopic (exact) mass is 416 g/mol. The number of rotatable bonds is 3. The zero-order valence-electron chi connectivity index (χ0n) is 18.8. The van der Waals surface area contributed by atoms with Crippen LogP contribution in [0.1, 0.15) is 29.3 Å². The molecule has 0 saturated carbocycles. The Hall–Kier alpha value is -2.79. The molecule has 1 atom stereocenters. The molecule has 1 saturated heterocycles. The van der Waals surface area contributed by atoms with Crippen molar-refractivity contribution in [3.05, 3.63) is 64.8 Å². The minimum absolute atomic E-state index is 0.0764. The van der Waals surface area contributed by atoms with Gasteiger partial charge in [-0.3, -0.25) is 9.69 Å². The van der Waals surface area contributed by atoms with Gasteiger partial charge in [0.05, 0.1) is 6.04 Å². The average Bonchev–Trinajstić information content (AvgIpc) is 3.18. The lowest BCUT2D eigenvalue weighted by molar-refractivity contribution is -0.137. The van der Waals surface area contributed by atoms with Gasteiger partial charge in [0.25, 0.3) is 0 Å². The van der Waals surface area contributed by atoms with Crippen molar-refractivity contribution >= 4 is 22.5 Å². The van der Waals surface area contributed by atoms with Crippen molar-refractivity contribution in [2.45, 2.75) is 39.8 Å². The number of carbonyl (C=O) groups is 1. The molecule has 0 bridgehead atoms. The third-order valence-electron chi connectivity index (χ3n) is 7.33. The summed E-state index contributed by atoms with van der Waals surface area (Å²) in [5.41, 5.74) is 7.80. The SMILES string of the molecule is Cc1cccc(N2CCN([C@@H](C)C(=O)N3CCc4[nH]c5ccccc5c4C3)CC2)c1C. The van der Waals surface area contributed by atoms with Gasteiger partial charge in [-0.05, 0) is 44.0 Å². The van der Waals surface area contributed by atoms with Crippen LogP contribution in [0, 0.1) is 13.8 Å². The fourth-order valence-electron chi connectivity index (χ4n) is 5.20. The molecule has 0 radical (unpaired) electrons. The highest BCUT2D eigenvalue weighted by molar-refractivity contribution is 5.87. The molecule has 5 nitrogen and oxygen atoms in total. The van der Waals surface area contributed by atoms with Crippen LogP contribution in [-0.4, -0.2) is 59.5 Å². The topological polar surface area (TPSA) is 42.6 Å². The van der Waals surface area contributed by atoms with E-state index in [-0.39, 0.29) is 11.9 Å². The number of anilines is 1. The van der Waals surface area contributed by atoms with Gasteiger partial charge >= 0.3 is 0 Å². The summed E-state index contributed by atoms with van der Waals surface area (Å²) in [5.74, 6) is 0.260. The van der Waals surface area contributed by atoms with Gasteiger partial charge in [-0.15, -0.1) is 0 Å². The van der Waals surface area contributed by atoms with E-state index in [0.717, 1.165) is 39.1 Å². The standard InChI is InChI=1S/C26H32N4O/c1-18-7-6-10-25(19(18)2)29-15-13-28(14-16-29)20(3)26(31)30-12-11-24-22(17-30)21-8-4-5-9-23(21)27-24/h4-10,20,27H,11-17H2,1-3H3/t20-/m0/s1. The number of hydrogen-bond donors (Lipinski definition) is 1. The molecule has 0 spiro atoms. The molecule has 31 heavy (non-hydrogen) atoms. The summed E-state index contributed by atoms with van der Waals surface area (Å²) >= 11 is 0. The maximum absolute atomic E-state index is 13.4. The van der Waals surface area contributed by atoms with Crippen molar-refractivity contribution in [2.75, 3.05) is 37.6 Å². The second-order valence-electron chi connectivity index (χ2n) is 9.06. The maximum atomic E-state index is 13.4.